The van der Waals surface area contributed by atoms with E-state index in [1.54, 1.807) is 7.11 Å². The first-order chi connectivity index (χ1) is 16.1. The Morgan fingerprint density at radius 3 is 2.67 bits per heavy atom. The second-order valence-electron chi connectivity index (χ2n) is 10.2. The van der Waals surface area contributed by atoms with Gasteiger partial charge in [-0.1, -0.05) is 30.3 Å². The third kappa shape index (κ3) is 4.00. The van der Waals surface area contributed by atoms with Crippen LogP contribution in [0.4, 0.5) is 4.79 Å². The zero-order valence-electron chi connectivity index (χ0n) is 19.2. The summed E-state index contributed by atoms with van der Waals surface area (Å²) in [4.78, 5) is 15.3. The number of rotatable bonds is 6. The zero-order chi connectivity index (χ0) is 22.4. The molecule has 4 fully saturated rings. The monoisotopic (exact) mass is 448 g/mol. The van der Waals surface area contributed by atoms with Crippen molar-refractivity contribution in [3.63, 3.8) is 0 Å². The van der Waals surface area contributed by atoms with E-state index < -0.39 is 0 Å². The summed E-state index contributed by atoms with van der Waals surface area (Å²) in [7, 11) is 1.62. The maximum Gasteiger partial charge on any atom is 0.407 e. The number of alkyl carbamates (subject to hydrolysis) is 1. The first-order valence-corrected chi connectivity index (χ1v) is 12.2. The lowest BCUT2D eigenvalue weighted by atomic mass is 9.86. The van der Waals surface area contributed by atoms with Crippen LogP contribution in [0.25, 0.3) is 11.1 Å². The van der Waals surface area contributed by atoms with Gasteiger partial charge in [-0.3, -0.25) is 4.90 Å². The van der Waals surface area contributed by atoms with Crippen LogP contribution in [0.3, 0.4) is 0 Å². The molecule has 2 aromatic rings. The quantitative estimate of drug-likeness (QED) is 0.658. The second-order valence-corrected chi connectivity index (χ2v) is 10.2. The Morgan fingerprint density at radius 1 is 1.12 bits per heavy atom. The zero-order valence-corrected chi connectivity index (χ0v) is 19.2. The van der Waals surface area contributed by atoms with Gasteiger partial charge in [0.2, 0.25) is 0 Å². The van der Waals surface area contributed by atoms with Gasteiger partial charge < -0.3 is 19.5 Å². The average molecular weight is 449 g/mol. The van der Waals surface area contributed by atoms with Crippen molar-refractivity contribution in [1.29, 1.82) is 0 Å². The number of methoxy groups -OCH3 is 1. The highest BCUT2D eigenvalue weighted by Gasteiger charge is 2.55. The first-order valence-electron chi connectivity index (χ1n) is 12.2. The summed E-state index contributed by atoms with van der Waals surface area (Å²) >= 11 is 0. The minimum absolute atomic E-state index is 0.0403. The molecule has 6 nitrogen and oxygen atoms in total. The van der Waals surface area contributed by atoms with Crippen LogP contribution in [-0.2, 0) is 15.9 Å². The predicted molar refractivity (Wildman–Crippen MR) is 125 cm³/mol. The van der Waals surface area contributed by atoms with E-state index in [1.165, 1.54) is 16.7 Å². The Labute approximate surface area is 195 Å². The number of amides is 1. The molecule has 1 amide bonds. The number of hydrogen-bond donors (Lipinski definition) is 1. The SMILES string of the molecule is COCOc1cccc(-c2ccc3c(c2)CC2(CC2)C3NC(=O)O[C@@H]2CN3CCC2CC3)c1. The van der Waals surface area contributed by atoms with Gasteiger partial charge in [-0.15, -0.1) is 0 Å². The number of ether oxygens (including phenoxy) is 3. The molecule has 0 radical (unpaired) electrons. The number of benzene rings is 2. The van der Waals surface area contributed by atoms with E-state index >= 15 is 0 Å². The normalized spacial score (nSPS) is 28.4. The van der Waals surface area contributed by atoms with Gasteiger partial charge in [-0.2, -0.15) is 0 Å². The minimum atomic E-state index is -0.245. The minimum Gasteiger partial charge on any atom is -0.468 e. The van der Waals surface area contributed by atoms with E-state index in [-0.39, 0.29) is 30.4 Å². The van der Waals surface area contributed by atoms with Crippen LogP contribution in [0.5, 0.6) is 5.75 Å². The summed E-state index contributed by atoms with van der Waals surface area (Å²) in [5, 5.41) is 3.27. The Bertz CT molecular complexity index is 1040. The molecule has 174 valence electrons. The van der Waals surface area contributed by atoms with Crippen molar-refractivity contribution in [1.82, 2.24) is 10.2 Å². The third-order valence-electron chi connectivity index (χ3n) is 8.13. The molecule has 3 saturated heterocycles. The molecule has 2 aromatic carbocycles. The fraction of sp³-hybridized carbons (Fsp3) is 0.519. The van der Waals surface area contributed by atoms with Gasteiger partial charge in [0, 0.05) is 13.7 Å². The van der Waals surface area contributed by atoms with E-state index in [0.29, 0.717) is 5.92 Å². The molecule has 3 aliphatic heterocycles. The molecule has 33 heavy (non-hydrogen) atoms. The van der Waals surface area contributed by atoms with Crippen molar-refractivity contribution in [2.75, 3.05) is 33.5 Å². The molecule has 1 spiro atoms. The lowest BCUT2D eigenvalue weighted by Crippen LogP contribution is -2.52. The average Bonchev–Trinajstić information content (AvgIpc) is 3.56. The molecule has 2 aliphatic carbocycles. The number of nitrogens with zero attached hydrogens (tertiary/aromatic N) is 1. The van der Waals surface area contributed by atoms with E-state index in [9.17, 15) is 4.79 Å². The fourth-order valence-electron chi connectivity index (χ4n) is 6.11. The second kappa shape index (κ2) is 8.33. The molecule has 7 rings (SSSR count). The van der Waals surface area contributed by atoms with Gasteiger partial charge in [0.15, 0.2) is 6.79 Å². The fourth-order valence-corrected chi connectivity index (χ4v) is 6.11. The summed E-state index contributed by atoms with van der Waals surface area (Å²) in [5.41, 5.74) is 5.03. The highest BCUT2D eigenvalue weighted by molar-refractivity contribution is 5.71. The first kappa shape index (κ1) is 21.0. The standard InChI is InChI=1S/C27H32N2O4/c1-31-17-32-22-4-2-3-19(14-22)20-5-6-23-21(13-20)15-27(9-10-27)25(23)28-26(30)33-24-16-29-11-7-18(24)8-12-29/h2-6,13-14,18,24-25H,7-12,15-17H2,1H3,(H,28,30)/t24-,25?/m1/s1. The lowest BCUT2D eigenvalue weighted by Gasteiger charge is -2.44. The third-order valence-corrected chi connectivity index (χ3v) is 8.13. The molecule has 2 bridgehead atoms. The number of nitrogens with one attached hydrogen (secondary N) is 1. The van der Waals surface area contributed by atoms with Crippen molar-refractivity contribution in [2.24, 2.45) is 11.3 Å². The van der Waals surface area contributed by atoms with Gasteiger partial charge in [-0.25, -0.2) is 4.79 Å². The number of carbonyl (C=O) groups excluding carboxylic acids is 1. The predicted octanol–water partition coefficient (Wildman–Crippen LogP) is 4.53. The van der Waals surface area contributed by atoms with Gasteiger partial charge in [-0.05, 0) is 90.9 Å². The highest BCUT2D eigenvalue weighted by Crippen LogP contribution is 2.62. The Morgan fingerprint density at radius 2 is 1.94 bits per heavy atom. The highest BCUT2D eigenvalue weighted by atomic mass is 16.7. The number of fused-ring (bicyclic) bond motifs is 4. The van der Waals surface area contributed by atoms with Gasteiger partial charge in [0.05, 0.1) is 6.04 Å². The summed E-state index contributed by atoms with van der Waals surface area (Å²) in [6.07, 6.45) is 5.41. The van der Waals surface area contributed by atoms with Crippen molar-refractivity contribution in [3.8, 4) is 16.9 Å². The van der Waals surface area contributed by atoms with Crippen LogP contribution in [-0.4, -0.2) is 50.6 Å². The number of carbonyl (C=O) groups is 1. The maximum absolute atomic E-state index is 12.9. The van der Waals surface area contributed by atoms with E-state index in [1.807, 2.05) is 18.2 Å². The van der Waals surface area contributed by atoms with Crippen molar-refractivity contribution < 1.29 is 19.0 Å². The molecule has 2 atom stereocenters. The molecule has 1 saturated carbocycles. The molecule has 1 N–H and O–H groups in total. The molecule has 3 heterocycles. The van der Waals surface area contributed by atoms with Crippen molar-refractivity contribution in [3.05, 3.63) is 53.6 Å². The molecule has 5 aliphatic rings. The number of piperidine rings is 3. The van der Waals surface area contributed by atoms with Crippen LogP contribution in [0.2, 0.25) is 0 Å². The van der Waals surface area contributed by atoms with Crippen LogP contribution < -0.4 is 10.1 Å². The van der Waals surface area contributed by atoms with E-state index in [0.717, 1.165) is 63.1 Å². The van der Waals surface area contributed by atoms with Gasteiger partial charge in [0.25, 0.3) is 0 Å². The van der Waals surface area contributed by atoms with Crippen molar-refractivity contribution in [2.45, 2.75) is 44.2 Å². The molecule has 1 unspecified atom stereocenters. The summed E-state index contributed by atoms with van der Waals surface area (Å²) in [6.45, 7) is 3.42. The van der Waals surface area contributed by atoms with E-state index in [2.05, 4.69) is 34.5 Å². The van der Waals surface area contributed by atoms with Crippen LogP contribution in [0.1, 0.15) is 42.9 Å². The van der Waals surface area contributed by atoms with Crippen LogP contribution in [0.15, 0.2) is 42.5 Å². The number of hydrogen-bond acceptors (Lipinski definition) is 5. The van der Waals surface area contributed by atoms with Crippen LogP contribution >= 0.6 is 0 Å². The molecular weight excluding hydrogens is 416 g/mol. The molecular formula is C27H32N2O4. The summed E-state index contributed by atoms with van der Waals surface area (Å²) in [6, 6.07) is 14.8. The summed E-state index contributed by atoms with van der Waals surface area (Å²) < 4.78 is 16.6. The van der Waals surface area contributed by atoms with Gasteiger partial charge in [0.1, 0.15) is 11.9 Å². The topological polar surface area (TPSA) is 60.0 Å². The van der Waals surface area contributed by atoms with Gasteiger partial charge >= 0.3 is 6.09 Å². The van der Waals surface area contributed by atoms with Crippen molar-refractivity contribution >= 4 is 6.09 Å². The Hall–Kier alpha value is -2.57. The maximum atomic E-state index is 12.9. The van der Waals surface area contributed by atoms with Crippen LogP contribution in [0, 0.1) is 11.3 Å². The van der Waals surface area contributed by atoms with E-state index in [4.69, 9.17) is 14.2 Å². The lowest BCUT2D eigenvalue weighted by molar-refractivity contribution is -0.0344. The largest absolute Gasteiger partial charge is 0.468 e. The molecule has 6 heteroatoms. The smallest absolute Gasteiger partial charge is 0.407 e. The summed E-state index contributed by atoms with van der Waals surface area (Å²) in [5.74, 6) is 1.32. The Balaban J connectivity index is 1.18. The molecule has 0 aromatic heterocycles. The Kier molecular flexibility index (Phi) is 5.30.